The summed E-state index contributed by atoms with van der Waals surface area (Å²) in [7, 11) is 0. The molecule has 0 aliphatic heterocycles. The lowest BCUT2D eigenvalue weighted by Gasteiger charge is -1.80. The van der Waals surface area contributed by atoms with Crippen LogP contribution in [0.1, 0.15) is 12.8 Å². The van der Waals surface area contributed by atoms with Crippen molar-refractivity contribution >= 4 is 22.6 Å². The fraction of sp³-hybridized carbons (Fsp3) is 0.667. The van der Waals surface area contributed by atoms with Gasteiger partial charge in [-0.3, -0.25) is 0 Å². The summed E-state index contributed by atoms with van der Waals surface area (Å²) in [4.78, 5) is 0. The van der Waals surface area contributed by atoms with E-state index in [1.165, 1.54) is 0 Å². The highest BCUT2D eigenvalue weighted by atomic mass is 127. The number of hydrogen-bond acceptors (Lipinski definition) is 1. The van der Waals surface area contributed by atoms with E-state index >= 15 is 0 Å². The van der Waals surface area contributed by atoms with Crippen LogP contribution in [0.2, 0.25) is 0 Å². The van der Waals surface area contributed by atoms with Gasteiger partial charge in [-0.1, -0.05) is 28.5 Å². The van der Waals surface area contributed by atoms with Gasteiger partial charge in [0.25, 0.3) is 0 Å². The lowest BCUT2D eigenvalue weighted by molar-refractivity contribution is 0.350. The minimum Gasteiger partial charge on any atom is -0.384 e. The Hall–Kier alpha value is 0.250. The Morgan fingerprint density at radius 2 is 2.12 bits per heavy atom. The third-order valence-corrected chi connectivity index (χ3v) is 1.40. The Kier molecular flexibility index (Phi) is 7.48. The molecular weight excluding hydrogens is 215 g/mol. The quantitative estimate of drug-likeness (QED) is 0.323. The summed E-state index contributed by atoms with van der Waals surface area (Å²) < 4.78 is 1.15. The monoisotopic (exact) mass is 224 g/mol. The normalized spacial score (nSPS) is 7.75. The van der Waals surface area contributed by atoms with Crippen LogP contribution in [0.3, 0.4) is 0 Å². The van der Waals surface area contributed by atoms with E-state index in [0.717, 1.165) is 17.3 Å². The predicted molar refractivity (Wildman–Crippen MR) is 43.0 cm³/mol. The molecule has 0 unspecified atom stereocenters. The first kappa shape index (κ1) is 8.25. The highest BCUT2D eigenvalue weighted by Gasteiger charge is 1.75. The minimum atomic E-state index is 0.00124. The Balaban J connectivity index is 2.90. The number of aliphatic hydroxyl groups is 1. The fourth-order valence-electron chi connectivity index (χ4n) is 0.299. The molecule has 0 aromatic carbocycles. The number of halogens is 1. The van der Waals surface area contributed by atoms with Crippen molar-refractivity contribution in [2.24, 2.45) is 0 Å². The second-order valence-electron chi connectivity index (χ2n) is 1.30. The Morgan fingerprint density at radius 3 is 2.62 bits per heavy atom. The average Bonchev–Trinajstić information content (AvgIpc) is 1.81. The molecule has 0 fully saturated rings. The van der Waals surface area contributed by atoms with Crippen LogP contribution in [-0.2, 0) is 0 Å². The number of rotatable bonds is 2. The van der Waals surface area contributed by atoms with Crippen LogP contribution in [-0.4, -0.2) is 16.1 Å². The van der Waals surface area contributed by atoms with Crippen molar-refractivity contribution in [2.75, 3.05) is 11.0 Å². The lowest BCUT2D eigenvalue weighted by Crippen LogP contribution is -1.73. The van der Waals surface area contributed by atoms with Crippen LogP contribution in [0.5, 0.6) is 0 Å². The molecule has 0 aromatic rings. The van der Waals surface area contributed by atoms with E-state index in [2.05, 4.69) is 34.4 Å². The van der Waals surface area contributed by atoms with Crippen LogP contribution < -0.4 is 0 Å². The van der Waals surface area contributed by atoms with Gasteiger partial charge in [0.2, 0.25) is 0 Å². The molecule has 0 saturated carbocycles. The predicted octanol–water partition coefficient (Wildman–Crippen LogP) is 1.20. The molecule has 46 valence electrons. The lowest BCUT2D eigenvalue weighted by atomic mass is 10.3. The zero-order valence-corrected chi connectivity index (χ0v) is 6.81. The third kappa shape index (κ3) is 6.25. The highest BCUT2D eigenvalue weighted by molar-refractivity contribution is 14.1. The van der Waals surface area contributed by atoms with E-state index < -0.39 is 0 Å². The molecule has 0 aliphatic rings. The summed E-state index contributed by atoms with van der Waals surface area (Å²) in [5.41, 5.74) is 0. The van der Waals surface area contributed by atoms with Gasteiger partial charge in [0.1, 0.15) is 6.61 Å². The standard InChI is InChI=1S/C6H9IO/c7-5-3-1-2-4-6-8/h8H,1,3,5-6H2. The Morgan fingerprint density at radius 1 is 1.38 bits per heavy atom. The van der Waals surface area contributed by atoms with E-state index in [-0.39, 0.29) is 6.61 Å². The maximum atomic E-state index is 8.19. The van der Waals surface area contributed by atoms with Gasteiger partial charge in [0, 0.05) is 10.8 Å². The summed E-state index contributed by atoms with van der Waals surface area (Å²) in [5.74, 6) is 5.42. The summed E-state index contributed by atoms with van der Waals surface area (Å²) >= 11 is 2.31. The summed E-state index contributed by atoms with van der Waals surface area (Å²) in [5, 5.41) is 8.19. The second-order valence-corrected chi connectivity index (χ2v) is 2.38. The van der Waals surface area contributed by atoms with E-state index in [1.807, 2.05) is 0 Å². The molecule has 1 N–H and O–H groups in total. The number of aliphatic hydroxyl groups excluding tert-OH is 1. The molecule has 0 rings (SSSR count). The maximum Gasteiger partial charge on any atom is 0.104 e. The first-order chi connectivity index (χ1) is 3.91. The summed E-state index contributed by atoms with van der Waals surface area (Å²) in [6.45, 7) is 0.00124. The molecule has 0 aliphatic carbocycles. The molecule has 0 amide bonds. The first-order valence-electron chi connectivity index (χ1n) is 2.54. The van der Waals surface area contributed by atoms with E-state index in [0.29, 0.717) is 0 Å². The molecule has 0 radical (unpaired) electrons. The van der Waals surface area contributed by atoms with Crippen molar-refractivity contribution in [1.29, 1.82) is 0 Å². The van der Waals surface area contributed by atoms with Gasteiger partial charge in [0.05, 0.1) is 0 Å². The van der Waals surface area contributed by atoms with Crippen LogP contribution in [0.15, 0.2) is 0 Å². The fourth-order valence-corrected chi connectivity index (χ4v) is 0.681. The molecule has 0 bridgehead atoms. The zero-order chi connectivity index (χ0) is 6.24. The minimum absolute atomic E-state index is 0.00124. The van der Waals surface area contributed by atoms with Crippen LogP contribution in [0.25, 0.3) is 0 Å². The van der Waals surface area contributed by atoms with Crippen molar-refractivity contribution < 1.29 is 5.11 Å². The Labute approximate surface area is 63.6 Å². The molecule has 2 heteroatoms. The molecule has 8 heavy (non-hydrogen) atoms. The van der Waals surface area contributed by atoms with Crippen molar-refractivity contribution in [2.45, 2.75) is 12.8 Å². The van der Waals surface area contributed by atoms with Gasteiger partial charge in [-0.25, -0.2) is 0 Å². The summed E-state index contributed by atoms with van der Waals surface area (Å²) in [6, 6.07) is 0. The van der Waals surface area contributed by atoms with Crippen molar-refractivity contribution in [1.82, 2.24) is 0 Å². The summed E-state index contributed by atoms with van der Waals surface area (Å²) in [6.07, 6.45) is 2.05. The van der Waals surface area contributed by atoms with Gasteiger partial charge < -0.3 is 5.11 Å². The largest absolute Gasteiger partial charge is 0.384 e. The van der Waals surface area contributed by atoms with Gasteiger partial charge in [-0.2, -0.15) is 0 Å². The van der Waals surface area contributed by atoms with E-state index in [9.17, 15) is 0 Å². The highest BCUT2D eigenvalue weighted by Crippen LogP contribution is 1.91. The second kappa shape index (κ2) is 7.25. The number of unbranched alkanes of at least 4 members (excludes halogenated alkanes) is 1. The van der Waals surface area contributed by atoms with Crippen molar-refractivity contribution in [3.05, 3.63) is 0 Å². The maximum absolute atomic E-state index is 8.19. The molecule has 0 aromatic heterocycles. The van der Waals surface area contributed by atoms with Gasteiger partial charge in [-0.15, -0.1) is 5.92 Å². The molecule has 0 spiro atoms. The Bertz CT molecular complexity index is 90.4. The van der Waals surface area contributed by atoms with Crippen molar-refractivity contribution in [3.8, 4) is 11.8 Å². The van der Waals surface area contributed by atoms with Crippen LogP contribution in [0.4, 0.5) is 0 Å². The van der Waals surface area contributed by atoms with Crippen molar-refractivity contribution in [3.63, 3.8) is 0 Å². The van der Waals surface area contributed by atoms with E-state index in [4.69, 9.17) is 5.11 Å². The molecule has 0 heterocycles. The van der Waals surface area contributed by atoms with Gasteiger partial charge in [0.15, 0.2) is 0 Å². The zero-order valence-electron chi connectivity index (χ0n) is 4.65. The number of alkyl halides is 1. The topological polar surface area (TPSA) is 20.2 Å². The number of hydrogen-bond donors (Lipinski definition) is 1. The van der Waals surface area contributed by atoms with Crippen LogP contribution in [0, 0.1) is 11.8 Å². The third-order valence-electron chi connectivity index (χ3n) is 0.639. The van der Waals surface area contributed by atoms with Crippen LogP contribution >= 0.6 is 22.6 Å². The van der Waals surface area contributed by atoms with Gasteiger partial charge >= 0.3 is 0 Å². The molecule has 0 atom stereocenters. The SMILES string of the molecule is OCC#CCCCI. The average molecular weight is 224 g/mol. The molecule has 0 saturated heterocycles. The molecular formula is C6H9IO. The van der Waals surface area contributed by atoms with Gasteiger partial charge in [-0.05, 0) is 6.42 Å². The molecule has 1 nitrogen and oxygen atoms in total. The smallest absolute Gasteiger partial charge is 0.104 e. The van der Waals surface area contributed by atoms with E-state index in [1.54, 1.807) is 0 Å². The first-order valence-corrected chi connectivity index (χ1v) is 4.07.